The molecule has 0 saturated heterocycles. The Kier molecular flexibility index (Phi) is 8.34. The number of nitrogens with one attached hydrogen (secondary N) is 2. The van der Waals surface area contributed by atoms with Gasteiger partial charge in [0.2, 0.25) is 0 Å². The molecule has 0 aliphatic carbocycles. The van der Waals surface area contributed by atoms with Crippen molar-refractivity contribution >= 4 is 46.1 Å². The van der Waals surface area contributed by atoms with Gasteiger partial charge in [0.25, 0.3) is 5.91 Å². The van der Waals surface area contributed by atoms with E-state index >= 15 is 0 Å². The number of pyridine rings is 1. The van der Waals surface area contributed by atoms with E-state index in [9.17, 15) is 14.4 Å². The molecule has 3 rings (SSSR count). The minimum Gasteiger partial charge on any atom is -0.396 e. The molecule has 34 heavy (non-hydrogen) atoms. The van der Waals surface area contributed by atoms with E-state index in [1.54, 1.807) is 58.3 Å². The minimum absolute atomic E-state index is 0.0718. The third kappa shape index (κ3) is 6.87. The number of carbonyl (C=O) groups is 3. The number of likely N-dealkylation sites (N-methyl/N-ethyl adjacent to an activating group) is 1. The van der Waals surface area contributed by atoms with Crippen molar-refractivity contribution in [3.05, 3.63) is 70.2 Å². The van der Waals surface area contributed by atoms with Crippen LogP contribution < -0.4 is 16.4 Å². The van der Waals surface area contributed by atoms with E-state index in [0.717, 1.165) is 5.56 Å². The number of hydrogen-bond donors (Lipinski definition) is 3. The van der Waals surface area contributed by atoms with Gasteiger partial charge in [0.1, 0.15) is 5.69 Å². The number of benzene rings is 1. The summed E-state index contributed by atoms with van der Waals surface area (Å²) in [4.78, 5) is 45.0. The maximum Gasteiger partial charge on any atom is 0.322 e. The summed E-state index contributed by atoms with van der Waals surface area (Å²) in [6, 6.07) is 9.92. The molecule has 1 aromatic carbocycles. The second-order valence-electron chi connectivity index (χ2n) is 8.04. The third-order valence-corrected chi connectivity index (χ3v) is 5.76. The van der Waals surface area contributed by atoms with Crippen molar-refractivity contribution in [3.63, 3.8) is 0 Å². The molecule has 2 aromatic heterocycles. The summed E-state index contributed by atoms with van der Waals surface area (Å²) < 4.78 is 0. The highest BCUT2D eigenvalue weighted by atomic mass is 32.1. The van der Waals surface area contributed by atoms with Gasteiger partial charge in [-0.15, -0.1) is 11.3 Å². The first kappa shape index (κ1) is 24.9. The van der Waals surface area contributed by atoms with Crippen molar-refractivity contribution in [1.29, 1.82) is 0 Å². The number of nitrogens with two attached hydrogens (primary N) is 1. The first-order chi connectivity index (χ1) is 16.2. The van der Waals surface area contributed by atoms with E-state index in [0.29, 0.717) is 42.3 Å². The first-order valence-electron chi connectivity index (χ1n) is 10.6. The van der Waals surface area contributed by atoms with Crippen LogP contribution in [-0.4, -0.2) is 59.7 Å². The molecule has 0 aliphatic rings. The van der Waals surface area contributed by atoms with Gasteiger partial charge in [-0.1, -0.05) is 18.2 Å². The van der Waals surface area contributed by atoms with Crippen molar-refractivity contribution in [3.8, 4) is 0 Å². The maximum atomic E-state index is 13.0. The van der Waals surface area contributed by atoms with E-state index in [-0.39, 0.29) is 23.4 Å². The lowest BCUT2D eigenvalue weighted by Crippen LogP contribution is -2.39. The Morgan fingerprint density at radius 3 is 2.47 bits per heavy atom. The fourth-order valence-electron chi connectivity index (χ4n) is 3.06. The van der Waals surface area contributed by atoms with Crippen molar-refractivity contribution in [1.82, 2.24) is 14.8 Å². The quantitative estimate of drug-likeness (QED) is 0.401. The topological polar surface area (TPSA) is 121 Å². The second-order valence-corrected chi connectivity index (χ2v) is 8.78. The highest BCUT2D eigenvalue weighted by Crippen LogP contribution is 2.23. The maximum absolute atomic E-state index is 13.0. The molecular weight excluding hydrogens is 452 g/mol. The zero-order valence-corrected chi connectivity index (χ0v) is 20.2. The molecular formula is C24H28N6O3S. The van der Waals surface area contributed by atoms with Crippen molar-refractivity contribution in [2.24, 2.45) is 0 Å². The lowest BCUT2D eigenvalue weighted by atomic mass is 10.1. The van der Waals surface area contributed by atoms with E-state index in [1.807, 2.05) is 19.0 Å². The Hall–Kier alpha value is -3.76. The van der Waals surface area contributed by atoms with Crippen LogP contribution in [0.2, 0.25) is 0 Å². The Morgan fingerprint density at radius 1 is 1.06 bits per heavy atom. The fraction of sp³-hybridized carbons (Fsp3) is 0.250. The van der Waals surface area contributed by atoms with Gasteiger partial charge in [0.15, 0.2) is 5.78 Å². The Balaban J connectivity index is 1.69. The van der Waals surface area contributed by atoms with Crippen LogP contribution in [0.1, 0.15) is 33.3 Å². The van der Waals surface area contributed by atoms with Gasteiger partial charge in [-0.3, -0.25) is 14.6 Å². The summed E-state index contributed by atoms with van der Waals surface area (Å²) in [5.41, 5.74) is 8.98. The number of rotatable bonds is 9. The Labute approximate surface area is 202 Å². The molecule has 3 aromatic rings. The average molecular weight is 481 g/mol. The molecule has 4 N–H and O–H groups in total. The van der Waals surface area contributed by atoms with Crippen LogP contribution in [0.5, 0.6) is 0 Å². The number of aromatic nitrogens is 1. The van der Waals surface area contributed by atoms with E-state index < -0.39 is 0 Å². The fourth-order valence-corrected chi connectivity index (χ4v) is 3.73. The Bertz CT molecular complexity index is 1160. The molecule has 178 valence electrons. The van der Waals surface area contributed by atoms with E-state index in [1.165, 1.54) is 18.3 Å². The summed E-state index contributed by atoms with van der Waals surface area (Å²) in [6.45, 7) is 2.93. The van der Waals surface area contributed by atoms with Crippen LogP contribution in [0, 0.1) is 0 Å². The summed E-state index contributed by atoms with van der Waals surface area (Å²) in [5, 5.41) is 9.10. The van der Waals surface area contributed by atoms with Crippen LogP contribution in [0.15, 0.2) is 53.4 Å². The van der Waals surface area contributed by atoms with Crippen LogP contribution in [0.3, 0.4) is 0 Å². The molecule has 10 heteroatoms. The molecule has 0 atom stereocenters. The smallest absolute Gasteiger partial charge is 0.322 e. The molecule has 0 unspecified atom stereocenters. The van der Waals surface area contributed by atoms with Crippen molar-refractivity contribution < 1.29 is 14.4 Å². The number of amides is 3. The van der Waals surface area contributed by atoms with Gasteiger partial charge in [-0.05, 0) is 44.8 Å². The molecule has 0 fully saturated rings. The summed E-state index contributed by atoms with van der Waals surface area (Å²) >= 11 is 1.40. The van der Waals surface area contributed by atoms with E-state index in [4.69, 9.17) is 5.73 Å². The van der Waals surface area contributed by atoms with Crippen molar-refractivity contribution in [2.75, 3.05) is 43.6 Å². The van der Waals surface area contributed by atoms with E-state index in [2.05, 4.69) is 15.6 Å². The number of urea groups is 1. The monoisotopic (exact) mass is 480 g/mol. The predicted octanol–water partition coefficient (Wildman–Crippen LogP) is 3.78. The molecule has 0 radical (unpaired) electrons. The number of hydrogen-bond acceptors (Lipinski definition) is 7. The molecule has 0 bridgehead atoms. The van der Waals surface area contributed by atoms with Gasteiger partial charge in [-0.2, -0.15) is 0 Å². The van der Waals surface area contributed by atoms with Crippen LogP contribution in [0.25, 0.3) is 0 Å². The summed E-state index contributed by atoms with van der Waals surface area (Å²) in [7, 11) is 3.86. The zero-order valence-electron chi connectivity index (χ0n) is 19.4. The normalized spacial score (nSPS) is 10.7. The highest BCUT2D eigenvalue weighted by molar-refractivity contribution is 7.09. The van der Waals surface area contributed by atoms with Gasteiger partial charge >= 0.3 is 6.03 Å². The summed E-state index contributed by atoms with van der Waals surface area (Å²) in [5.74, 6) is -0.429. The van der Waals surface area contributed by atoms with Crippen LogP contribution in [0.4, 0.5) is 21.9 Å². The number of Topliss-reactive ketones (excluding diaryl/α,β-unsaturated/α-hetero) is 1. The molecule has 9 nitrogen and oxygen atoms in total. The molecule has 2 heterocycles. The molecule has 3 amide bonds. The number of nitrogen functional groups attached to an aromatic ring is 1. The number of anilines is 3. The molecule has 0 spiro atoms. The lowest BCUT2D eigenvalue weighted by molar-refractivity contribution is 0.101. The largest absolute Gasteiger partial charge is 0.396 e. The summed E-state index contributed by atoms with van der Waals surface area (Å²) in [6.07, 6.45) is 1.58. The van der Waals surface area contributed by atoms with Crippen LogP contribution in [-0.2, 0) is 6.54 Å². The lowest BCUT2D eigenvalue weighted by Gasteiger charge is -2.25. The van der Waals surface area contributed by atoms with Crippen LogP contribution >= 0.6 is 11.3 Å². The number of ketones is 1. The zero-order chi connectivity index (χ0) is 24.7. The number of nitrogens with zero attached hydrogens (tertiary/aromatic N) is 3. The number of carbonyl (C=O) groups excluding carboxylic acids is 3. The minimum atomic E-state index is -0.357. The third-order valence-electron chi connectivity index (χ3n) is 5.00. The molecule has 0 aliphatic heterocycles. The van der Waals surface area contributed by atoms with Gasteiger partial charge in [-0.25, -0.2) is 4.79 Å². The SMILES string of the molecule is CC(=O)c1cccc(NC(=O)N(CCN(C)C)Cc2ccc(C(=O)Nc3cscc3N)nc2)c1. The standard InChI is InChI=1S/C24H28N6O3S/c1-16(31)18-5-4-6-19(11-18)27-24(33)30(10-9-29(2)3)13-17-7-8-21(26-12-17)23(32)28-22-15-34-14-20(22)25/h4-8,11-12,14-15H,9-10,13,25H2,1-3H3,(H,27,33)(H,28,32). The first-order valence-corrected chi connectivity index (χ1v) is 11.6. The second kappa shape index (κ2) is 11.4. The molecule has 0 saturated carbocycles. The predicted molar refractivity (Wildman–Crippen MR) is 135 cm³/mol. The van der Waals surface area contributed by atoms with Gasteiger partial charge in [0.05, 0.1) is 11.4 Å². The highest BCUT2D eigenvalue weighted by Gasteiger charge is 2.16. The van der Waals surface area contributed by atoms with Crippen molar-refractivity contribution in [2.45, 2.75) is 13.5 Å². The van der Waals surface area contributed by atoms with Gasteiger partial charge < -0.3 is 26.2 Å². The number of thiophene rings is 1. The Morgan fingerprint density at radius 2 is 1.85 bits per heavy atom. The average Bonchev–Trinajstić information content (AvgIpc) is 3.21. The van der Waals surface area contributed by atoms with Gasteiger partial charge in [0, 0.05) is 47.8 Å².